The lowest BCUT2D eigenvalue weighted by Gasteiger charge is -2.34. The summed E-state index contributed by atoms with van der Waals surface area (Å²) in [5, 5.41) is 3.89. The first-order valence-corrected chi connectivity index (χ1v) is 8.36. The van der Waals surface area contributed by atoms with Crippen molar-refractivity contribution in [3.05, 3.63) is 36.3 Å². The first-order chi connectivity index (χ1) is 12.1. The van der Waals surface area contributed by atoms with Crippen LogP contribution in [0, 0.1) is 5.82 Å². The Morgan fingerprint density at radius 2 is 1.88 bits per heavy atom. The molecule has 0 bridgehead atoms. The number of piperazine rings is 1. The van der Waals surface area contributed by atoms with Crippen molar-refractivity contribution in [2.45, 2.75) is 13.3 Å². The summed E-state index contributed by atoms with van der Waals surface area (Å²) in [5.41, 5.74) is 1.08. The minimum Gasteiger partial charge on any atom is -0.384 e. The molecule has 0 saturated carbocycles. The van der Waals surface area contributed by atoms with Crippen LogP contribution in [-0.2, 0) is 9.59 Å². The van der Waals surface area contributed by atoms with Crippen LogP contribution in [0.1, 0.15) is 13.3 Å². The fraction of sp³-hybridized carbons (Fsp3) is 0.389. The Labute approximate surface area is 145 Å². The molecule has 3 rings (SSSR count). The highest BCUT2D eigenvalue weighted by Gasteiger charge is 2.21. The molecule has 2 heterocycles. The molecule has 6 nitrogen and oxygen atoms in total. The highest BCUT2D eigenvalue weighted by Crippen LogP contribution is 2.23. The summed E-state index contributed by atoms with van der Waals surface area (Å²) in [7, 11) is 0. The van der Waals surface area contributed by atoms with E-state index in [-0.39, 0.29) is 17.6 Å². The third-order valence-electron chi connectivity index (χ3n) is 4.45. The number of amides is 2. The summed E-state index contributed by atoms with van der Waals surface area (Å²) in [4.78, 5) is 31.2. The van der Waals surface area contributed by atoms with Gasteiger partial charge in [-0.2, -0.15) is 0 Å². The zero-order chi connectivity index (χ0) is 17.8. The molecule has 0 aliphatic carbocycles. The smallest absolute Gasteiger partial charge is 0.224 e. The number of fused-ring (bicyclic) bond motifs is 1. The van der Waals surface area contributed by atoms with Crippen LogP contribution in [0.5, 0.6) is 0 Å². The molecule has 0 atom stereocenters. The number of aromatic nitrogens is 1. The average molecular weight is 344 g/mol. The topological polar surface area (TPSA) is 65.5 Å². The Balaban J connectivity index is 1.54. The number of nitrogens with zero attached hydrogens (tertiary/aromatic N) is 3. The lowest BCUT2D eigenvalue weighted by Crippen LogP contribution is -2.50. The van der Waals surface area contributed by atoms with Crippen LogP contribution in [0.3, 0.4) is 0 Å². The van der Waals surface area contributed by atoms with E-state index in [0.717, 1.165) is 5.69 Å². The van der Waals surface area contributed by atoms with Crippen LogP contribution >= 0.6 is 0 Å². The molecule has 2 aromatic rings. The van der Waals surface area contributed by atoms with E-state index in [1.165, 1.54) is 6.07 Å². The number of hydrogen-bond acceptors (Lipinski definition) is 4. The van der Waals surface area contributed by atoms with E-state index in [2.05, 4.69) is 10.3 Å². The van der Waals surface area contributed by atoms with Crippen molar-refractivity contribution in [2.75, 3.05) is 38.0 Å². The first kappa shape index (κ1) is 17.1. The van der Waals surface area contributed by atoms with Crippen molar-refractivity contribution in [2.24, 2.45) is 0 Å². The second kappa shape index (κ2) is 7.46. The Morgan fingerprint density at radius 3 is 2.60 bits per heavy atom. The molecular formula is C18H21FN4O2. The second-order valence-corrected chi connectivity index (χ2v) is 6.06. The summed E-state index contributed by atoms with van der Waals surface area (Å²) in [6, 6.07) is 6.60. The molecule has 0 unspecified atom stereocenters. The van der Waals surface area contributed by atoms with Gasteiger partial charge in [-0.3, -0.25) is 14.6 Å². The van der Waals surface area contributed by atoms with Gasteiger partial charge in [-0.1, -0.05) is 12.1 Å². The second-order valence-electron chi connectivity index (χ2n) is 6.06. The number of carbonyl (C=O) groups excluding carboxylic acids is 2. The number of benzene rings is 1. The molecular weight excluding hydrogens is 323 g/mol. The lowest BCUT2D eigenvalue weighted by molar-refractivity contribution is -0.138. The molecule has 7 heteroatoms. The Bertz CT molecular complexity index is 788. The van der Waals surface area contributed by atoms with Gasteiger partial charge in [0.2, 0.25) is 11.8 Å². The third-order valence-corrected chi connectivity index (χ3v) is 4.45. The number of nitrogens with one attached hydrogen (secondary N) is 1. The minimum absolute atomic E-state index is 0.0468. The predicted molar refractivity (Wildman–Crippen MR) is 93.6 cm³/mol. The van der Waals surface area contributed by atoms with Crippen LogP contribution in [-0.4, -0.2) is 59.3 Å². The van der Waals surface area contributed by atoms with Gasteiger partial charge in [0.25, 0.3) is 0 Å². The molecule has 1 aromatic carbocycles. The van der Waals surface area contributed by atoms with E-state index in [1.807, 2.05) is 0 Å². The van der Waals surface area contributed by atoms with Gasteiger partial charge in [-0.15, -0.1) is 0 Å². The quantitative estimate of drug-likeness (QED) is 0.920. The van der Waals surface area contributed by atoms with Crippen molar-refractivity contribution < 1.29 is 14.0 Å². The van der Waals surface area contributed by atoms with E-state index in [1.54, 1.807) is 41.1 Å². The summed E-state index contributed by atoms with van der Waals surface area (Å²) < 4.78 is 13.8. The van der Waals surface area contributed by atoms with Gasteiger partial charge >= 0.3 is 0 Å². The van der Waals surface area contributed by atoms with E-state index in [9.17, 15) is 14.0 Å². The lowest BCUT2D eigenvalue weighted by atomic mass is 10.2. The molecule has 1 saturated heterocycles. The maximum absolute atomic E-state index is 13.8. The molecule has 2 amide bonds. The average Bonchev–Trinajstić information content (AvgIpc) is 2.62. The Kier molecular flexibility index (Phi) is 5.11. The normalized spacial score (nSPS) is 14.6. The summed E-state index contributed by atoms with van der Waals surface area (Å²) in [5.74, 6) is -0.258. The van der Waals surface area contributed by atoms with Gasteiger partial charge in [0.05, 0.1) is 0 Å². The predicted octanol–water partition coefficient (Wildman–Crippen LogP) is 1.87. The van der Waals surface area contributed by atoms with Crippen molar-refractivity contribution in [1.29, 1.82) is 0 Å². The third kappa shape index (κ3) is 3.87. The maximum atomic E-state index is 13.8. The van der Waals surface area contributed by atoms with Crippen molar-refractivity contribution in [1.82, 2.24) is 14.8 Å². The largest absolute Gasteiger partial charge is 0.384 e. The fourth-order valence-electron chi connectivity index (χ4n) is 3.03. The molecule has 25 heavy (non-hydrogen) atoms. The number of halogens is 1. The highest BCUT2D eigenvalue weighted by molar-refractivity contribution is 5.91. The Hall–Kier alpha value is -2.70. The number of carbonyl (C=O) groups is 2. The van der Waals surface area contributed by atoms with Crippen LogP contribution in [0.4, 0.5) is 10.1 Å². The number of rotatable bonds is 4. The summed E-state index contributed by atoms with van der Waals surface area (Å²) in [6.07, 6.45) is 1.90. The number of hydrogen-bond donors (Lipinski definition) is 1. The van der Waals surface area contributed by atoms with E-state index in [4.69, 9.17) is 0 Å². The fourth-order valence-corrected chi connectivity index (χ4v) is 3.03. The van der Waals surface area contributed by atoms with E-state index >= 15 is 0 Å². The first-order valence-electron chi connectivity index (χ1n) is 8.36. The van der Waals surface area contributed by atoms with Crippen molar-refractivity contribution in [3.63, 3.8) is 0 Å². The molecule has 132 valence electrons. The maximum Gasteiger partial charge on any atom is 0.224 e. The molecule has 1 fully saturated rings. The number of pyridine rings is 1. The van der Waals surface area contributed by atoms with Gasteiger partial charge < -0.3 is 15.1 Å². The van der Waals surface area contributed by atoms with Gasteiger partial charge in [-0.05, 0) is 12.1 Å². The van der Waals surface area contributed by atoms with Crippen LogP contribution < -0.4 is 5.32 Å². The number of para-hydroxylation sites is 1. The Morgan fingerprint density at radius 1 is 1.16 bits per heavy atom. The van der Waals surface area contributed by atoms with Crippen LogP contribution in [0.15, 0.2) is 30.5 Å². The zero-order valence-electron chi connectivity index (χ0n) is 14.2. The molecule has 1 aliphatic rings. The standard InChI is InChI=1S/C18H21FN4O2/c1-13(24)22-9-11-23(12-10-22)17(25)6-8-20-16-5-7-21-18-14(16)3-2-4-15(18)19/h2-5,7H,6,8-12H2,1H3,(H,20,21). The van der Waals surface area contributed by atoms with E-state index < -0.39 is 0 Å². The SMILES string of the molecule is CC(=O)N1CCN(C(=O)CCNc2ccnc3c(F)cccc23)CC1. The van der Waals surface area contributed by atoms with Crippen molar-refractivity contribution in [3.8, 4) is 0 Å². The minimum atomic E-state index is -0.361. The van der Waals surface area contributed by atoms with Gasteiger partial charge in [-0.25, -0.2) is 4.39 Å². The molecule has 0 radical (unpaired) electrons. The van der Waals surface area contributed by atoms with Crippen molar-refractivity contribution >= 4 is 28.4 Å². The van der Waals surface area contributed by atoms with Gasteiger partial charge in [0.15, 0.2) is 0 Å². The number of anilines is 1. The van der Waals surface area contributed by atoms with E-state index in [0.29, 0.717) is 50.0 Å². The zero-order valence-corrected chi connectivity index (χ0v) is 14.2. The molecule has 1 aliphatic heterocycles. The van der Waals surface area contributed by atoms with Gasteiger partial charge in [0.1, 0.15) is 11.3 Å². The molecule has 0 spiro atoms. The van der Waals surface area contributed by atoms with Crippen LogP contribution in [0.25, 0.3) is 10.9 Å². The molecule has 1 aromatic heterocycles. The highest BCUT2D eigenvalue weighted by atomic mass is 19.1. The summed E-state index contributed by atoms with van der Waals surface area (Å²) >= 11 is 0. The monoisotopic (exact) mass is 344 g/mol. The van der Waals surface area contributed by atoms with Crippen LogP contribution in [0.2, 0.25) is 0 Å². The van der Waals surface area contributed by atoms with Gasteiger partial charge in [0, 0.05) is 63.3 Å². The summed E-state index contributed by atoms with van der Waals surface area (Å²) in [6.45, 7) is 4.32. The molecule has 1 N–H and O–H groups in total.